The van der Waals surface area contributed by atoms with Crippen LogP contribution in [0.2, 0.25) is 0 Å². The molecule has 4 nitrogen and oxygen atoms in total. The highest BCUT2D eigenvalue weighted by molar-refractivity contribution is 5.77. The first kappa shape index (κ1) is 10.2. The first-order chi connectivity index (χ1) is 6.85. The summed E-state index contributed by atoms with van der Waals surface area (Å²) < 4.78 is 5.48. The van der Waals surface area contributed by atoms with Crippen molar-refractivity contribution in [1.82, 2.24) is 4.98 Å². The van der Waals surface area contributed by atoms with E-state index in [0.29, 0.717) is 5.89 Å². The fraction of sp³-hybridized carbons (Fsp3) is 0.636. The molecule has 82 valence electrons. The van der Waals surface area contributed by atoms with Gasteiger partial charge in [-0.2, -0.15) is 0 Å². The van der Waals surface area contributed by atoms with Gasteiger partial charge in [0.1, 0.15) is 5.76 Å². The number of oxazole rings is 1. The number of carbonyl (C=O) groups is 1. The van der Waals surface area contributed by atoms with Crippen molar-refractivity contribution in [3.05, 3.63) is 17.3 Å². The number of hydrogen-bond donors (Lipinski definition) is 1. The van der Waals surface area contributed by atoms with Gasteiger partial charge in [0, 0.05) is 0 Å². The third-order valence-electron chi connectivity index (χ3n) is 3.40. The van der Waals surface area contributed by atoms with E-state index < -0.39 is 5.97 Å². The van der Waals surface area contributed by atoms with E-state index in [0.717, 1.165) is 11.5 Å². The van der Waals surface area contributed by atoms with E-state index in [1.165, 1.54) is 0 Å². The van der Waals surface area contributed by atoms with E-state index in [2.05, 4.69) is 4.98 Å². The van der Waals surface area contributed by atoms with Crippen molar-refractivity contribution in [1.29, 1.82) is 0 Å². The Morgan fingerprint density at radius 3 is 2.40 bits per heavy atom. The summed E-state index contributed by atoms with van der Waals surface area (Å²) in [6, 6.07) is 0. The highest BCUT2D eigenvalue weighted by Gasteiger charge is 2.65. The summed E-state index contributed by atoms with van der Waals surface area (Å²) in [7, 11) is 0. The minimum Gasteiger partial charge on any atom is -0.481 e. The predicted octanol–water partition coefficient (Wildman–Crippen LogP) is 2.12. The lowest BCUT2D eigenvalue weighted by Gasteiger charge is -1.96. The molecule has 1 aliphatic rings. The number of aromatic nitrogens is 1. The van der Waals surface area contributed by atoms with Crippen molar-refractivity contribution in [3.8, 4) is 0 Å². The fourth-order valence-corrected chi connectivity index (χ4v) is 2.19. The lowest BCUT2D eigenvalue weighted by Crippen LogP contribution is -2.03. The zero-order valence-corrected chi connectivity index (χ0v) is 9.37. The predicted molar refractivity (Wildman–Crippen MR) is 53.6 cm³/mol. The normalized spacial score (nSPS) is 27.7. The van der Waals surface area contributed by atoms with Crippen LogP contribution in [0.4, 0.5) is 0 Å². The minimum atomic E-state index is -0.765. The van der Waals surface area contributed by atoms with Crippen LogP contribution in [0.1, 0.15) is 37.1 Å². The average molecular weight is 209 g/mol. The maximum absolute atomic E-state index is 11.0. The highest BCUT2D eigenvalue weighted by atomic mass is 16.4. The second kappa shape index (κ2) is 2.84. The van der Waals surface area contributed by atoms with Crippen LogP contribution in [0.3, 0.4) is 0 Å². The van der Waals surface area contributed by atoms with Gasteiger partial charge in [0.2, 0.25) is 0 Å². The van der Waals surface area contributed by atoms with Gasteiger partial charge in [-0.3, -0.25) is 4.79 Å². The largest absolute Gasteiger partial charge is 0.481 e. The smallest absolute Gasteiger partial charge is 0.307 e. The second-order valence-corrected chi connectivity index (χ2v) is 4.81. The maximum atomic E-state index is 11.0. The first-order valence-electron chi connectivity index (χ1n) is 5.02. The molecular formula is C11H15NO3. The molecule has 1 aromatic rings. The maximum Gasteiger partial charge on any atom is 0.307 e. The molecule has 1 heterocycles. The van der Waals surface area contributed by atoms with Crippen LogP contribution in [-0.2, 0) is 4.79 Å². The summed E-state index contributed by atoms with van der Waals surface area (Å²) in [5.41, 5.74) is 0.604. The highest BCUT2D eigenvalue weighted by Crippen LogP contribution is 2.64. The molecule has 1 aliphatic carbocycles. The Hall–Kier alpha value is -1.32. The van der Waals surface area contributed by atoms with E-state index >= 15 is 0 Å². The third kappa shape index (κ3) is 1.35. The monoisotopic (exact) mass is 209 g/mol. The molecule has 1 fully saturated rings. The summed E-state index contributed by atoms with van der Waals surface area (Å²) >= 11 is 0. The van der Waals surface area contributed by atoms with Crippen LogP contribution in [0.5, 0.6) is 0 Å². The topological polar surface area (TPSA) is 63.3 Å². The number of aryl methyl sites for hydroxylation is 2. The van der Waals surface area contributed by atoms with Gasteiger partial charge < -0.3 is 9.52 Å². The Bertz CT molecular complexity index is 400. The Morgan fingerprint density at radius 2 is 2.07 bits per heavy atom. The zero-order valence-electron chi connectivity index (χ0n) is 9.37. The Labute approximate surface area is 88.3 Å². The molecule has 1 saturated carbocycles. The Morgan fingerprint density at radius 1 is 1.47 bits per heavy atom. The van der Waals surface area contributed by atoms with Crippen LogP contribution in [0.25, 0.3) is 0 Å². The molecule has 0 unspecified atom stereocenters. The molecule has 1 N–H and O–H groups in total. The van der Waals surface area contributed by atoms with Crippen LogP contribution < -0.4 is 0 Å². The van der Waals surface area contributed by atoms with Crippen molar-refractivity contribution in [3.63, 3.8) is 0 Å². The van der Waals surface area contributed by atoms with Gasteiger partial charge in [0.05, 0.1) is 17.5 Å². The van der Waals surface area contributed by atoms with E-state index in [4.69, 9.17) is 9.52 Å². The molecule has 4 heteroatoms. The summed E-state index contributed by atoms with van der Waals surface area (Å²) in [5.74, 6) is 0.134. The number of carboxylic acids is 1. The first-order valence-corrected chi connectivity index (χ1v) is 5.02. The molecule has 1 aromatic heterocycles. The number of aliphatic carboxylic acids is 1. The van der Waals surface area contributed by atoms with E-state index in [1.807, 2.05) is 27.7 Å². The van der Waals surface area contributed by atoms with Crippen molar-refractivity contribution in [2.75, 3.05) is 0 Å². The molecule has 0 aliphatic heterocycles. The second-order valence-electron chi connectivity index (χ2n) is 4.81. The number of carboxylic acid groups (broad SMARTS) is 1. The lowest BCUT2D eigenvalue weighted by molar-refractivity contribution is -0.139. The SMILES string of the molecule is Cc1nc([C@@H]2[C@@H](C(=O)O)C2(C)C)oc1C. The zero-order chi connectivity index (χ0) is 11.4. The van der Waals surface area contributed by atoms with Crippen LogP contribution in [0, 0.1) is 25.2 Å². The van der Waals surface area contributed by atoms with Crippen LogP contribution >= 0.6 is 0 Å². The average Bonchev–Trinajstić information content (AvgIpc) is 2.52. The van der Waals surface area contributed by atoms with Gasteiger partial charge in [-0.25, -0.2) is 4.98 Å². The Balaban J connectivity index is 2.31. The minimum absolute atomic E-state index is 0.0811. The van der Waals surface area contributed by atoms with Crippen molar-refractivity contribution in [2.45, 2.75) is 33.6 Å². The standard InChI is InChI=1S/C11H15NO3/c1-5-6(2)15-9(12-5)7-8(10(13)14)11(7,3)4/h7-8H,1-4H3,(H,13,14)/t7-,8-/m0/s1. The fourth-order valence-electron chi connectivity index (χ4n) is 2.19. The number of nitrogens with zero attached hydrogens (tertiary/aromatic N) is 1. The molecule has 0 radical (unpaired) electrons. The summed E-state index contributed by atoms with van der Waals surface area (Å²) in [6.07, 6.45) is 0. The number of rotatable bonds is 2. The molecule has 2 rings (SSSR count). The van der Waals surface area contributed by atoms with Gasteiger partial charge in [-0.1, -0.05) is 13.8 Å². The third-order valence-corrected chi connectivity index (χ3v) is 3.40. The van der Waals surface area contributed by atoms with E-state index in [1.54, 1.807) is 0 Å². The van der Waals surface area contributed by atoms with Gasteiger partial charge >= 0.3 is 5.97 Å². The van der Waals surface area contributed by atoms with Gasteiger partial charge in [-0.05, 0) is 19.3 Å². The van der Waals surface area contributed by atoms with Crippen molar-refractivity contribution < 1.29 is 14.3 Å². The number of hydrogen-bond acceptors (Lipinski definition) is 3. The van der Waals surface area contributed by atoms with Gasteiger partial charge in [-0.15, -0.1) is 0 Å². The molecular weight excluding hydrogens is 194 g/mol. The molecule has 15 heavy (non-hydrogen) atoms. The van der Waals surface area contributed by atoms with Crippen molar-refractivity contribution in [2.24, 2.45) is 11.3 Å². The quantitative estimate of drug-likeness (QED) is 0.810. The molecule has 0 amide bonds. The van der Waals surface area contributed by atoms with Gasteiger partial charge in [0.25, 0.3) is 0 Å². The summed E-state index contributed by atoms with van der Waals surface area (Å²) in [5, 5.41) is 9.03. The molecule has 0 aromatic carbocycles. The molecule has 0 spiro atoms. The lowest BCUT2D eigenvalue weighted by atomic mass is 10.1. The van der Waals surface area contributed by atoms with Crippen LogP contribution in [0.15, 0.2) is 4.42 Å². The van der Waals surface area contributed by atoms with Crippen molar-refractivity contribution >= 4 is 5.97 Å². The molecule has 0 saturated heterocycles. The molecule has 0 bridgehead atoms. The van der Waals surface area contributed by atoms with Gasteiger partial charge in [0.15, 0.2) is 5.89 Å². The van der Waals surface area contributed by atoms with E-state index in [9.17, 15) is 4.79 Å². The summed E-state index contributed by atoms with van der Waals surface area (Å²) in [4.78, 5) is 15.3. The summed E-state index contributed by atoms with van der Waals surface area (Å²) in [6.45, 7) is 7.58. The van der Waals surface area contributed by atoms with E-state index in [-0.39, 0.29) is 17.3 Å². The molecule has 2 atom stereocenters. The van der Waals surface area contributed by atoms with Crippen LogP contribution in [-0.4, -0.2) is 16.1 Å². The Kier molecular flexibility index (Phi) is 1.93.